The predicted octanol–water partition coefficient (Wildman–Crippen LogP) is 6.08. The molecule has 1 unspecified atom stereocenters. The summed E-state index contributed by atoms with van der Waals surface area (Å²) in [4.78, 5) is 13.1. The van der Waals surface area contributed by atoms with Gasteiger partial charge in [0.15, 0.2) is 0 Å². The molecule has 0 amide bonds. The van der Waals surface area contributed by atoms with Crippen molar-refractivity contribution in [1.29, 1.82) is 0 Å². The van der Waals surface area contributed by atoms with Gasteiger partial charge in [-0.1, -0.05) is 62.3 Å². The Morgan fingerprint density at radius 3 is 1.88 bits per heavy atom. The lowest BCUT2D eigenvalue weighted by atomic mass is 9.61. The average Bonchev–Trinajstić information content (AvgIpc) is 2.36. The van der Waals surface area contributed by atoms with E-state index in [0.717, 1.165) is 12.0 Å². The summed E-state index contributed by atoms with van der Waals surface area (Å²) in [6, 6.07) is 5.03. The van der Waals surface area contributed by atoms with Crippen molar-refractivity contribution in [3.63, 3.8) is 0 Å². The van der Waals surface area contributed by atoms with Crippen LogP contribution in [0.2, 0.25) is 0 Å². The molecule has 142 valence electrons. The molecule has 1 rings (SSSR count). The Hall–Kier alpha value is -1.51. The molecule has 3 nitrogen and oxygen atoms in total. The van der Waals surface area contributed by atoms with Gasteiger partial charge in [-0.25, -0.2) is 0 Å². The lowest BCUT2D eigenvalue weighted by Gasteiger charge is -2.43. The van der Waals surface area contributed by atoms with Crippen LogP contribution in [-0.2, 0) is 10.2 Å². The van der Waals surface area contributed by atoms with E-state index in [-0.39, 0.29) is 28.0 Å². The maximum atomic E-state index is 13.1. The molecule has 1 atom stereocenters. The van der Waals surface area contributed by atoms with E-state index in [2.05, 4.69) is 41.5 Å². The Morgan fingerprint density at radius 2 is 1.48 bits per heavy atom. The van der Waals surface area contributed by atoms with Crippen molar-refractivity contribution in [1.82, 2.24) is 0 Å². The van der Waals surface area contributed by atoms with Crippen LogP contribution in [0.25, 0.3) is 0 Å². The van der Waals surface area contributed by atoms with E-state index in [1.807, 2.05) is 27.7 Å². The van der Waals surface area contributed by atoms with Crippen LogP contribution < -0.4 is 4.74 Å². The van der Waals surface area contributed by atoms with Crippen molar-refractivity contribution < 1.29 is 14.6 Å². The summed E-state index contributed by atoms with van der Waals surface area (Å²) < 4.78 is 5.79. The zero-order chi connectivity index (χ0) is 19.8. The number of hydrogen-bond donors (Lipinski definition) is 1. The summed E-state index contributed by atoms with van der Waals surface area (Å²) >= 11 is 0. The second-order valence-corrected chi connectivity index (χ2v) is 10.6. The van der Waals surface area contributed by atoms with Gasteiger partial charge in [0.05, 0.1) is 5.41 Å². The minimum absolute atomic E-state index is 0.00652. The topological polar surface area (TPSA) is 46.5 Å². The van der Waals surface area contributed by atoms with Crippen LogP contribution in [0.15, 0.2) is 18.2 Å². The van der Waals surface area contributed by atoms with Crippen molar-refractivity contribution in [2.45, 2.75) is 81.1 Å². The summed E-state index contributed by atoms with van der Waals surface area (Å²) in [5, 5.41) is 10.1. The molecule has 0 aliphatic rings. The fraction of sp³-hybridized carbons (Fsp3) is 0.682. The Balaban J connectivity index is 3.22. The Bertz CT molecular complexity index is 624. The molecule has 0 spiro atoms. The SMILES string of the molecule is CC(C)(C)CC(C)(C(=O)Oc1ccc(O)c(C(C)(C)C)c1)C(C)(C)C. The number of carbonyl (C=O) groups excluding carboxylic acids is 1. The lowest BCUT2D eigenvalue weighted by molar-refractivity contribution is -0.154. The molecule has 3 heteroatoms. The van der Waals surface area contributed by atoms with E-state index < -0.39 is 5.41 Å². The summed E-state index contributed by atoms with van der Waals surface area (Å²) in [5.41, 5.74) is -0.310. The third kappa shape index (κ3) is 5.23. The molecule has 0 aromatic heterocycles. The summed E-state index contributed by atoms with van der Waals surface area (Å²) in [5.74, 6) is 0.484. The summed E-state index contributed by atoms with van der Waals surface area (Å²) in [6.07, 6.45) is 0.729. The van der Waals surface area contributed by atoms with Crippen molar-refractivity contribution >= 4 is 5.97 Å². The Kier molecular flexibility index (Phi) is 5.74. The number of carbonyl (C=O) groups is 1. The fourth-order valence-corrected chi connectivity index (χ4v) is 3.10. The minimum atomic E-state index is -0.620. The molecule has 0 saturated carbocycles. The predicted molar refractivity (Wildman–Crippen MR) is 104 cm³/mol. The van der Waals surface area contributed by atoms with Gasteiger partial charge in [0.2, 0.25) is 0 Å². The summed E-state index contributed by atoms with van der Waals surface area (Å²) in [6.45, 7) is 20.7. The molecule has 1 aromatic carbocycles. The molecule has 1 aromatic rings. The molecule has 25 heavy (non-hydrogen) atoms. The molecule has 0 aliphatic carbocycles. The van der Waals surface area contributed by atoms with E-state index in [0.29, 0.717) is 5.75 Å². The van der Waals surface area contributed by atoms with Crippen LogP contribution in [0.3, 0.4) is 0 Å². The minimum Gasteiger partial charge on any atom is -0.508 e. The summed E-state index contributed by atoms with van der Waals surface area (Å²) in [7, 11) is 0. The van der Waals surface area contributed by atoms with E-state index in [4.69, 9.17) is 4.74 Å². The second-order valence-electron chi connectivity index (χ2n) is 10.6. The normalized spacial score (nSPS) is 15.6. The van der Waals surface area contributed by atoms with Crippen molar-refractivity contribution in [3.8, 4) is 11.5 Å². The highest BCUT2D eigenvalue weighted by atomic mass is 16.5. The average molecular weight is 349 g/mol. The van der Waals surface area contributed by atoms with Crippen molar-refractivity contribution in [3.05, 3.63) is 23.8 Å². The fourth-order valence-electron chi connectivity index (χ4n) is 3.10. The van der Waals surface area contributed by atoms with Crippen LogP contribution in [0.1, 0.15) is 81.2 Å². The van der Waals surface area contributed by atoms with Gasteiger partial charge in [0, 0.05) is 5.56 Å². The number of benzene rings is 1. The monoisotopic (exact) mass is 348 g/mol. The molecule has 0 radical (unpaired) electrons. The number of phenolic OH excluding ortho intramolecular Hbond substituents is 1. The number of rotatable bonds is 3. The molecule has 1 N–H and O–H groups in total. The smallest absolute Gasteiger partial charge is 0.317 e. The molecule has 0 saturated heterocycles. The van der Waals surface area contributed by atoms with E-state index in [9.17, 15) is 9.90 Å². The molecule has 0 heterocycles. The van der Waals surface area contributed by atoms with E-state index in [1.54, 1.807) is 18.2 Å². The Morgan fingerprint density at radius 1 is 0.960 bits per heavy atom. The van der Waals surface area contributed by atoms with Crippen molar-refractivity contribution in [2.24, 2.45) is 16.2 Å². The van der Waals surface area contributed by atoms with Gasteiger partial charge in [-0.3, -0.25) is 4.79 Å². The lowest BCUT2D eigenvalue weighted by Crippen LogP contribution is -2.45. The van der Waals surface area contributed by atoms with Gasteiger partial charge in [0.1, 0.15) is 11.5 Å². The van der Waals surface area contributed by atoms with Gasteiger partial charge < -0.3 is 9.84 Å². The zero-order valence-electron chi connectivity index (χ0n) is 17.7. The maximum Gasteiger partial charge on any atom is 0.317 e. The number of esters is 1. The number of aromatic hydroxyl groups is 1. The quantitative estimate of drug-likeness (QED) is 0.531. The Labute approximate surface area is 153 Å². The van der Waals surface area contributed by atoms with Crippen LogP contribution >= 0.6 is 0 Å². The van der Waals surface area contributed by atoms with Crippen LogP contribution in [0.4, 0.5) is 0 Å². The number of ether oxygens (including phenoxy) is 1. The first-order valence-corrected chi connectivity index (χ1v) is 9.03. The highest BCUT2D eigenvalue weighted by Crippen LogP contribution is 2.47. The van der Waals surface area contributed by atoms with Crippen LogP contribution in [0.5, 0.6) is 11.5 Å². The second kappa shape index (κ2) is 6.66. The van der Waals surface area contributed by atoms with Gasteiger partial charge in [-0.2, -0.15) is 0 Å². The van der Waals surface area contributed by atoms with E-state index >= 15 is 0 Å². The third-order valence-electron chi connectivity index (χ3n) is 4.98. The largest absolute Gasteiger partial charge is 0.508 e. The first kappa shape index (κ1) is 21.5. The van der Waals surface area contributed by atoms with Gasteiger partial charge in [-0.05, 0) is 47.8 Å². The highest BCUT2D eigenvalue weighted by Gasteiger charge is 2.48. The van der Waals surface area contributed by atoms with Crippen LogP contribution in [-0.4, -0.2) is 11.1 Å². The highest BCUT2D eigenvalue weighted by molar-refractivity contribution is 5.80. The van der Waals surface area contributed by atoms with Gasteiger partial charge in [0.25, 0.3) is 0 Å². The first-order chi connectivity index (χ1) is 11.0. The number of phenols is 1. The first-order valence-electron chi connectivity index (χ1n) is 9.03. The van der Waals surface area contributed by atoms with Gasteiger partial charge in [-0.15, -0.1) is 0 Å². The van der Waals surface area contributed by atoms with Crippen molar-refractivity contribution in [2.75, 3.05) is 0 Å². The zero-order valence-corrected chi connectivity index (χ0v) is 17.7. The third-order valence-corrected chi connectivity index (χ3v) is 4.98. The van der Waals surface area contributed by atoms with Gasteiger partial charge >= 0.3 is 5.97 Å². The van der Waals surface area contributed by atoms with Crippen LogP contribution in [0, 0.1) is 16.2 Å². The molecule has 0 aliphatic heterocycles. The van der Waals surface area contributed by atoms with E-state index in [1.165, 1.54) is 0 Å². The molecule has 0 bridgehead atoms. The molecular weight excluding hydrogens is 312 g/mol. The molecule has 0 fully saturated rings. The number of hydrogen-bond acceptors (Lipinski definition) is 3. The standard InChI is InChI=1S/C22H36O3/c1-19(2,3)14-22(10,21(7,8)9)18(24)25-15-11-12-17(23)16(13-15)20(4,5)6/h11-13,23H,14H2,1-10H3. The molecular formula is C22H36O3. The maximum absolute atomic E-state index is 13.1.